The predicted molar refractivity (Wildman–Crippen MR) is 65.0 cm³/mol. The molecule has 0 fully saturated rings. The van der Waals surface area contributed by atoms with E-state index < -0.39 is 23.2 Å². The zero-order valence-corrected chi connectivity index (χ0v) is 10.00. The maximum absolute atomic E-state index is 13.3. The highest BCUT2D eigenvalue weighted by atomic mass is 19.1. The molecule has 2 aromatic rings. The Hall–Kier alpha value is -2.01. The first kappa shape index (κ1) is 13.4. The highest BCUT2D eigenvalue weighted by Crippen LogP contribution is 2.22. The third kappa shape index (κ3) is 3.06. The molecule has 5 heteroatoms. The molecule has 0 aromatic heterocycles. The van der Waals surface area contributed by atoms with Crippen molar-refractivity contribution in [3.8, 4) is 5.75 Å². The van der Waals surface area contributed by atoms with Gasteiger partial charge in [0.1, 0.15) is 12.4 Å². The van der Waals surface area contributed by atoms with Gasteiger partial charge in [-0.25, -0.2) is 13.2 Å². The van der Waals surface area contributed by atoms with Crippen LogP contribution in [0.5, 0.6) is 5.75 Å². The van der Waals surface area contributed by atoms with Gasteiger partial charge in [-0.3, -0.25) is 0 Å². The van der Waals surface area contributed by atoms with E-state index in [4.69, 9.17) is 10.5 Å². The lowest BCUT2D eigenvalue weighted by Gasteiger charge is -2.09. The summed E-state index contributed by atoms with van der Waals surface area (Å²) in [7, 11) is 0. The van der Waals surface area contributed by atoms with Crippen molar-refractivity contribution < 1.29 is 17.9 Å². The van der Waals surface area contributed by atoms with Gasteiger partial charge >= 0.3 is 0 Å². The SMILES string of the molecule is NCc1cc(COc2c(F)cccc2F)ccc1F. The first-order valence-electron chi connectivity index (χ1n) is 5.66. The van der Waals surface area contributed by atoms with Crippen LogP contribution in [0.1, 0.15) is 11.1 Å². The van der Waals surface area contributed by atoms with Crippen molar-refractivity contribution in [2.45, 2.75) is 13.2 Å². The Balaban J connectivity index is 2.15. The van der Waals surface area contributed by atoms with Crippen LogP contribution in [-0.2, 0) is 13.2 Å². The van der Waals surface area contributed by atoms with Crippen molar-refractivity contribution in [3.63, 3.8) is 0 Å². The first-order valence-corrected chi connectivity index (χ1v) is 5.66. The topological polar surface area (TPSA) is 35.2 Å². The van der Waals surface area contributed by atoms with E-state index in [0.717, 1.165) is 12.1 Å². The lowest BCUT2D eigenvalue weighted by atomic mass is 10.1. The molecule has 0 aliphatic heterocycles. The van der Waals surface area contributed by atoms with Crippen LogP contribution in [0.15, 0.2) is 36.4 Å². The minimum Gasteiger partial charge on any atom is -0.483 e. The molecule has 0 radical (unpaired) electrons. The number of hydrogen-bond acceptors (Lipinski definition) is 2. The molecule has 0 unspecified atom stereocenters. The van der Waals surface area contributed by atoms with Gasteiger partial charge in [0.25, 0.3) is 0 Å². The van der Waals surface area contributed by atoms with Crippen molar-refractivity contribution in [1.82, 2.24) is 0 Å². The fourth-order valence-electron chi connectivity index (χ4n) is 1.65. The van der Waals surface area contributed by atoms with Crippen LogP contribution < -0.4 is 10.5 Å². The van der Waals surface area contributed by atoms with Crippen LogP contribution in [-0.4, -0.2) is 0 Å². The molecule has 2 nitrogen and oxygen atoms in total. The molecule has 19 heavy (non-hydrogen) atoms. The third-order valence-corrected chi connectivity index (χ3v) is 2.63. The molecule has 0 saturated carbocycles. The van der Waals surface area contributed by atoms with Gasteiger partial charge in [0, 0.05) is 12.1 Å². The lowest BCUT2D eigenvalue weighted by molar-refractivity contribution is 0.274. The van der Waals surface area contributed by atoms with E-state index in [9.17, 15) is 13.2 Å². The van der Waals surface area contributed by atoms with E-state index in [1.807, 2.05) is 0 Å². The zero-order chi connectivity index (χ0) is 13.8. The fraction of sp³-hybridized carbons (Fsp3) is 0.143. The van der Waals surface area contributed by atoms with Gasteiger partial charge in [0.05, 0.1) is 0 Å². The number of benzene rings is 2. The van der Waals surface area contributed by atoms with Crippen LogP contribution in [0.2, 0.25) is 0 Å². The van der Waals surface area contributed by atoms with Crippen LogP contribution in [0.4, 0.5) is 13.2 Å². The second kappa shape index (κ2) is 5.75. The molecule has 0 heterocycles. The predicted octanol–water partition coefficient (Wildman–Crippen LogP) is 3.14. The molecule has 0 atom stereocenters. The van der Waals surface area contributed by atoms with E-state index in [-0.39, 0.29) is 13.2 Å². The molecular formula is C14H12F3NO. The Morgan fingerprint density at radius 2 is 1.63 bits per heavy atom. The molecule has 2 rings (SSSR count). The van der Waals surface area contributed by atoms with Crippen LogP contribution in [0.25, 0.3) is 0 Å². The molecule has 2 aromatic carbocycles. The van der Waals surface area contributed by atoms with Crippen LogP contribution in [0, 0.1) is 17.5 Å². The van der Waals surface area contributed by atoms with Crippen molar-refractivity contribution in [2.24, 2.45) is 5.73 Å². The minimum absolute atomic E-state index is 0.0493. The molecule has 2 N–H and O–H groups in total. The van der Waals surface area contributed by atoms with Crippen molar-refractivity contribution >= 4 is 0 Å². The van der Waals surface area contributed by atoms with Crippen molar-refractivity contribution in [1.29, 1.82) is 0 Å². The Bertz CT molecular complexity index is 567. The van der Waals surface area contributed by atoms with E-state index in [1.165, 1.54) is 24.3 Å². The first-order chi connectivity index (χ1) is 9.11. The van der Waals surface area contributed by atoms with E-state index >= 15 is 0 Å². The summed E-state index contributed by atoms with van der Waals surface area (Å²) in [6.07, 6.45) is 0. The molecule has 0 amide bonds. The monoisotopic (exact) mass is 267 g/mol. The van der Waals surface area contributed by atoms with Crippen LogP contribution in [0.3, 0.4) is 0 Å². The Kier molecular flexibility index (Phi) is 4.06. The Morgan fingerprint density at radius 3 is 2.26 bits per heavy atom. The third-order valence-electron chi connectivity index (χ3n) is 2.63. The molecule has 0 spiro atoms. The molecule has 0 saturated heterocycles. The summed E-state index contributed by atoms with van der Waals surface area (Å²) in [5.41, 5.74) is 6.29. The lowest BCUT2D eigenvalue weighted by Crippen LogP contribution is -2.04. The summed E-state index contributed by atoms with van der Waals surface area (Å²) in [6, 6.07) is 7.70. The molecular weight excluding hydrogens is 255 g/mol. The smallest absolute Gasteiger partial charge is 0.191 e. The zero-order valence-electron chi connectivity index (χ0n) is 10.00. The molecule has 0 aliphatic rings. The minimum atomic E-state index is -0.777. The van der Waals surface area contributed by atoms with Gasteiger partial charge in [-0.1, -0.05) is 12.1 Å². The number of para-hydroxylation sites is 1. The van der Waals surface area contributed by atoms with Gasteiger partial charge in [0.2, 0.25) is 0 Å². The second-order valence-corrected chi connectivity index (χ2v) is 3.97. The maximum atomic E-state index is 13.3. The number of nitrogens with two attached hydrogens (primary N) is 1. The number of halogens is 3. The van der Waals surface area contributed by atoms with Gasteiger partial charge < -0.3 is 10.5 Å². The average Bonchev–Trinajstić information content (AvgIpc) is 2.40. The van der Waals surface area contributed by atoms with Gasteiger partial charge in [0.15, 0.2) is 17.4 Å². The quantitative estimate of drug-likeness (QED) is 0.923. The van der Waals surface area contributed by atoms with Crippen LogP contribution >= 0.6 is 0 Å². The summed E-state index contributed by atoms with van der Waals surface area (Å²) in [5, 5.41) is 0. The number of ether oxygens (including phenoxy) is 1. The Morgan fingerprint density at radius 1 is 0.947 bits per heavy atom. The summed E-state index contributed by atoms with van der Waals surface area (Å²) in [4.78, 5) is 0. The van der Waals surface area contributed by atoms with E-state index in [0.29, 0.717) is 11.1 Å². The summed E-state index contributed by atoms with van der Waals surface area (Å²) < 4.78 is 44.9. The van der Waals surface area contributed by atoms with E-state index in [2.05, 4.69) is 0 Å². The van der Waals surface area contributed by atoms with Gasteiger partial charge in [-0.05, 0) is 29.8 Å². The molecule has 100 valence electrons. The number of hydrogen-bond donors (Lipinski definition) is 1. The van der Waals surface area contributed by atoms with Gasteiger partial charge in [-0.2, -0.15) is 0 Å². The summed E-state index contributed by atoms with van der Waals surface area (Å²) >= 11 is 0. The molecule has 0 bridgehead atoms. The van der Waals surface area contributed by atoms with Crippen molar-refractivity contribution in [3.05, 3.63) is 65.0 Å². The number of rotatable bonds is 4. The molecule has 0 aliphatic carbocycles. The summed E-state index contributed by atoms with van der Waals surface area (Å²) in [6.45, 7) is -0.0150. The van der Waals surface area contributed by atoms with Gasteiger partial charge in [-0.15, -0.1) is 0 Å². The van der Waals surface area contributed by atoms with Crippen molar-refractivity contribution in [2.75, 3.05) is 0 Å². The highest BCUT2D eigenvalue weighted by molar-refractivity contribution is 5.28. The standard InChI is InChI=1S/C14H12F3NO/c15-11-5-4-9(6-10(11)7-18)8-19-14-12(16)2-1-3-13(14)17/h1-6H,7-8,18H2. The normalized spacial score (nSPS) is 10.5. The maximum Gasteiger partial charge on any atom is 0.191 e. The highest BCUT2D eigenvalue weighted by Gasteiger charge is 2.10. The van der Waals surface area contributed by atoms with E-state index in [1.54, 1.807) is 0 Å². The largest absolute Gasteiger partial charge is 0.483 e. The second-order valence-electron chi connectivity index (χ2n) is 3.97. The average molecular weight is 267 g/mol. The Labute approximate surface area is 108 Å². The summed E-state index contributed by atoms with van der Waals surface area (Å²) in [5.74, 6) is -2.41. The fourth-order valence-corrected chi connectivity index (χ4v) is 1.65.